The van der Waals surface area contributed by atoms with Gasteiger partial charge in [-0.1, -0.05) is 6.92 Å². The van der Waals surface area contributed by atoms with E-state index >= 15 is 0 Å². The fraction of sp³-hybridized carbons (Fsp3) is 0.444. The molecule has 0 aliphatic rings. The molecule has 2 rings (SSSR count). The van der Waals surface area contributed by atoms with Crippen LogP contribution in [-0.2, 0) is 6.18 Å². The monoisotopic (exact) mass is 369 g/mol. The fourth-order valence-corrected chi connectivity index (χ4v) is 2.00. The van der Waals surface area contributed by atoms with Crippen LogP contribution in [0.2, 0.25) is 0 Å². The summed E-state index contributed by atoms with van der Waals surface area (Å²) < 4.78 is 50.0. The van der Waals surface area contributed by atoms with Gasteiger partial charge in [-0.05, 0) is 51.5 Å². The molecular formula is C18H22F3N3O2. The number of benzene rings is 1. The maximum atomic E-state index is 13.0. The lowest BCUT2D eigenvalue weighted by Gasteiger charge is -2.16. The zero-order valence-electron chi connectivity index (χ0n) is 15.1. The Balaban J connectivity index is 2.18. The van der Waals surface area contributed by atoms with Gasteiger partial charge in [-0.2, -0.15) is 18.2 Å². The summed E-state index contributed by atoms with van der Waals surface area (Å²) in [5, 5.41) is 2.87. The number of hydrogen-bond donors (Lipinski definition) is 1. The molecule has 26 heavy (non-hydrogen) atoms. The smallest absolute Gasteiger partial charge is 0.423 e. The van der Waals surface area contributed by atoms with Crippen LogP contribution in [0.3, 0.4) is 0 Å². The molecule has 1 heterocycles. The number of alkyl halides is 3. The van der Waals surface area contributed by atoms with Gasteiger partial charge in [0.2, 0.25) is 11.8 Å². The Morgan fingerprint density at radius 1 is 1.08 bits per heavy atom. The number of rotatable bonds is 7. The minimum atomic E-state index is -4.59. The van der Waals surface area contributed by atoms with E-state index in [9.17, 15) is 13.2 Å². The molecular weight excluding hydrogens is 347 g/mol. The van der Waals surface area contributed by atoms with Crippen molar-refractivity contribution in [2.24, 2.45) is 0 Å². The maximum Gasteiger partial charge on any atom is 0.423 e. The molecule has 0 saturated heterocycles. The first-order chi connectivity index (χ1) is 12.2. The molecule has 5 nitrogen and oxygen atoms in total. The Morgan fingerprint density at radius 2 is 1.73 bits per heavy atom. The van der Waals surface area contributed by atoms with Gasteiger partial charge in [0.1, 0.15) is 11.3 Å². The molecule has 0 spiro atoms. The lowest BCUT2D eigenvalue weighted by molar-refractivity contribution is -0.139. The van der Waals surface area contributed by atoms with E-state index in [1.807, 2.05) is 13.8 Å². The van der Waals surface area contributed by atoms with Gasteiger partial charge in [-0.3, -0.25) is 0 Å². The summed E-state index contributed by atoms with van der Waals surface area (Å²) in [6, 6.07) is 7.01. The molecule has 0 saturated carbocycles. The Bertz CT molecular complexity index is 719. The summed E-state index contributed by atoms with van der Waals surface area (Å²) in [5.74, 6) is 0.230. The van der Waals surface area contributed by atoms with E-state index in [0.29, 0.717) is 17.6 Å². The predicted molar refractivity (Wildman–Crippen MR) is 92.9 cm³/mol. The van der Waals surface area contributed by atoms with E-state index in [1.165, 1.54) is 0 Å². The molecule has 0 amide bonds. The Morgan fingerprint density at radius 3 is 2.27 bits per heavy atom. The van der Waals surface area contributed by atoms with Gasteiger partial charge >= 0.3 is 6.18 Å². The summed E-state index contributed by atoms with van der Waals surface area (Å²) in [6.45, 7) is 7.26. The lowest BCUT2D eigenvalue weighted by Crippen LogP contribution is -2.15. The molecule has 1 aromatic carbocycles. The molecule has 1 atom stereocenters. The lowest BCUT2D eigenvalue weighted by atomic mass is 10.3. The van der Waals surface area contributed by atoms with Crippen molar-refractivity contribution >= 4 is 11.6 Å². The molecule has 142 valence electrons. The van der Waals surface area contributed by atoms with Crippen LogP contribution in [0.4, 0.5) is 24.8 Å². The van der Waals surface area contributed by atoms with E-state index in [0.717, 1.165) is 6.42 Å². The first-order valence-corrected chi connectivity index (χ1v) is 8.33. The van der Waals surface area contributed by atoms with E-state index in [4.69, 9.17) is 9.47 Å². The van der Waals surface area contributed by atoms with E-state index in [-0.39, 0.29) is 12.1 Å². The van der Waals surface area contributed by atoms with Crippen LogP contribution in [0.25, 0.3) is 0 Å². The third-order valence-corrected chi connectivity index (χ3v) is 3.43. The van der Waals surface area contributed by atoms with Crippen molar-refractivity contribution in [2.45, 2.75) is 52.5 Å². The molecule has 1 unspecified atom stereocenters. The molecule has 0 radical (unpaired) electrons. The van der Waals surface area contributed by atoms with Crippen LogP contribution >= 0.6 is 0 Å². The Hall–Kier alpha value is -2.51. The molecule has 0 aliphatic carbocycles. The van der Waals surface area contributed by atoms with Gasteiger partial charge in [0.05, 0.1) is 12.2 Å². The highest BCUT2D eigenvalue weighted by Crippen LogP contribution is 2.35. The molecule has 0 bridgehead atoms. The SMILES string of the molecule is CCC(C)Oc1ccc(Nc2ncc(C(F)(F)F)c(OC(C)C)n2)cc1. The second kappa shape index (κ2) is 8.25. The average molecular weight is 369 g/mol. The minimum absolute atomic E-state index is 0.0178. The van der Waals surface area contributed by atoms with Crippen molar-refractivity contribution < 1.29 is 22.6 Å². The normalized spacial score (nSPS) is 12.8. The summed E-state index contributed by atoms with van der Waals surface area (Å²) in [5.41, 5.74) is -0.384. The number of aromatic nitrogens is 2. The van der Waals surface area contributed by atoms with Crippen molar-refractivity contribution in [1.82, 2.24) is 9.97 Å². The quantitative estimate of drug-likeness (QED) is 0.727. The zero-order valence-corrected chi connectivity index (χ0v) is 15.1. The number of nitrogens with one attached hydrogen (secondary N) is 1. The van der Waals surface area contributed by atoms with Crippen LogP contribution in [-0.4, -0.2) is 22.2 Å². The highest BCUT2D eigenvalue weighted by Gasteiger charge is 2.36. The van der Waals surface area contributed by atoms with Crippen LogP contribution in [0.1, 0.15) is 39.7 Å². The van der Waals surface area contributed by atoms with Gasteiger partial charge in [-0.15, -0.1) is 0 Å². The zero-order chi connectivity index (χ0) is 19.3. The Labute approximate surface area is 150 Å². The summed E-state index contributed by atoms with van der Waals surface area (Å²) in [6.07, 6.45) is -3.33. The van der Waals surface area contributed by atoms with Crippen molar-refractivity contribution in [3.05, 3.63) is 36.0 Å². The number of halogens is 3. The van der Waals surface area contributed by atoms with Crippen LogP contribution < -0.4 is 14.8 Å². The van der Waals surface area contributed by atoms with Crippen molar-refractivity contribution in [1.29, 1.82) is 0 Å². The van der Waals surface area contributed by atoms with Gasteiger partial charge < -0.3 is 14.8 Å². The molecule has 0 fully saturated rings. The molecule has 1 aromatic heterocycles. The highest BCUT2D eigenvalue weighted by molar-refractivity contribution is 5.55. The fourth-order valence-electron chi connectivity index (χ4n) is 2.00. The summed E-state index contributed by atoms with van der Waals surface area (Å²) in [7, 11) is 0. The first-order valence-electron chi connectivity index (χ1n) is 8.33. The topological polar surface area (TPSA) is 56.3 Å². The van der Waals surface area contributed by atoms with Crippen LogP contribution in [0, 0.1) is 0 Å². The van der Waals surface area contributed by atoms with E-state index in [2.05, 4.69) is 15.3 Å². The van der Waals surface area contributed by atoms with Crippen LogP contribution in [0.15, 0.2) is 30.5 Å². The third-order valence-electron chi connectivity index (χ3n) is 3.43. The molecule has 1 N–H and O–H groups in total. The summed E-state index contributed by atoms with van der Waals surface area (Å²) >= 11 is 0. The average Bonchev–Trinajstić information content (AvgIpc) is 2.55. The second-order valence-electron chi connectivity index (χ2n) is 6.06. The standard InChI is InChI=1S/C18H22F3N3O2/c1-5-12(4)26-14-8-6-13(7-9-14)23-17-22-10-15(18(19,20)21)16(24-17)25-11(2)3/h6-12H,5H2,1-4H3,(H,22,23,24). The molecule has 0 aliphatic heterocycles. The second-order valence-corrected chi connectivity index (χ2v) is 6.06. The predicted octanol–water partition coefficient (Wildman–Crippen LogP) is 5.20. The number of anilines is 2. The van der Waals surface area contributed by atoms with Gasteiger partial charge in [0.15, 0.2) is 0 Å². The minimum Gasteiger partial charge on any atom is -0.491 e. The van der Waals surface area contributed by atoms with Gasteiger partial charge in [-0.25, -0.2) is 4.98 Å². The summed E-state index contributed by atoms with van der Waals surface area (Å²) in [4.78, 5) is 7.60. The van der Waals surface area contributed by atoms with Gasteiger partial charge in [0, 0.05) is 11.9 Å². The molecule has 2 aromatic rings. The van der Waals surface area contributed by atoms with Crippen molar-refractivity contribution in [2.75, 3.05) is 5.32 Å². The molecule has 8 heteroatoms. The van der Waals surface area contributed by atoms with Crippen molar-refractivity contribution in [3.63, 3.8) is 0 Å². The largest absolute Gasteiger partial charge is 0.491 e. The number of hydrogen-bond acceptors (Lipinski definition) is 5. The number of ether oxygens (including phenoxy) is 2. The Kier molecular flexibility index (Phi) is 6.28. The third kappa shape index (κ3) is 5.50. The highest BCUT2D eigenvalue weighted by atomic mass is 19.4. The van der Waals surface area contributed by atoms with Gasteiger partial charge in [0.25, 0.3) is 0 Å². The maximum absolute atomic E-state index is 13.0. The number of nitrogens with zero attached hydrogens (tertiary/aromatic N) is 2. The first kappa shape index (κ1) is 19.8. The van der Waals surface area contributed by atoms with Crippen molar-refractivity contribution in [3.8, 4) is 11.6 Å². The van der Waals surface area contributed by atoms with E-state index < -0.39 is 23.7 Å². The van der Waals surface area contributed by atoms with Crippen LogP contribution in [0.5, 0.6) is 11.6 Å². The van der Waals surface area contributed by atoms with E-state index in [1.54, 1.807) is 38.1 Å².